The fraction of sp³-hybridized carbons (Fsp3) is 0.333. The van der Waals surface area contributed by atoms with Gasteiger partial charge in [0.2, 0.25) is 0 Å². The molecule has 1 heterocycles. The predicted octanol–water partition coefficient (Wildman–Crippen LogP) is 0.608. The summed E-state index contributed by atoms with van der Waals surface area (Å²) in [6.45, 7) is 3.76. The second-order valence-corrected chi connectivity index (χ2v) is 1.85. The van der Waals surface area contributed by atoms with Gasteiger partial charge in [-0.25, -0.2) is 0 Å². The van der Waals surface area contributed by atoms with E-state index in [0.29, 0.717) is 0 Å². The van der Waals surface area contributed by atoms with E-state index in [1.165, 1.54) is 0 Å². The molecule has 0 N–H and O–H groups in total. The van der Waals surface area contributed by atoms with Gasteiger partial charge in [0.25, 0.3) is 0 Å². The van der Waals surface area contributed by atoms with Crippen LogP contribution in [-0.4, -0.2) is 20.6 Å². The van der Waals surface area contributed by atoms with Gasteiger partial charge in [0.05, 0.1) is 5.69 Å². The summed E-state index contributed by atoms with van der Waals surface area (Å²) in [4.78, 5) is 0. The van der Waals surface area contributed by atoms with Gasteiger partial charge in [0.15, 0.2) is 0 Å². The van der Waals surface area contributed by atoms with Crippen LogP contribution in [0.1, 0.15) is 18.3 Å². The molecule has 0 aliphatic rings. The Bertz CT molecular complexity index is 243. The number of hydrogen-bond acceptors (Lipinski definition) is 4. The molecule has 0 atom stereocenters. The van der Waals surface area contributed by atoms with Gasteiger partial charge in [-0.05, 0) is 30.4 Å². The second-order valence-electron chi connectivity index (χ2n) is 1.85. The van der Waals surface area contributed by atoms with Crippen LogP contribution in [0.4, 0.5) is 0 Å². The molecule has 0 unspecified atom stereocenters. The Morgan fingerprint density at radius 1 is 1.20 bits per heavy atom. The largest absolute Gasteiger partial charge is 0.132 e. The van der Waals surface area contributed by atoms with Crippen molar-refractivity contribution in [3.63, 3.8) is 0 Å². The lowest BCUT2D eigenvalue weighted by Gasteiger charge is -1.90. The maximum atomic E-state index is 3.76. The van der Waals surface area contributed by atoms with Crippen LogP contribution in [0.15, 0.2) is 6.08 Å². The summed E-state index contributed by atoms with van der Waals surface area (Å²) in [5.41, 5.74) is 1.57. The number of hydrogen-bond donors (Lipinski definition) is 0. The number of aromatic nitrogens is 4. The number of aryl methyl sites for hydroxylation is 1. The Morgan fingerprint density at radius 2 is 1.90 bits per heavy atom. The third-order valence-corrected chi connectivity index (χ3v) is 1.08. The highest BCUT2D eigenvalue weighted by molar-refractivity contribution is 5.44. The number of nitrogens with zero attached hydrogens (tertiary/aromatic N) is 4. The highest BCUT2D eigenvalue weighted by Crippen LogP contribution is 1.97. The van der Waals surface area contributed by atoms with E-state index in [1.54, 1.807) is 0 Å². The van der Waals surface area contributed by atoms with Crippen molar-refractivity contribution < 1.29 is 0 Å². The van der Waals surface area contributed by atoms with E-state index in [0.717, 1.165) is 11.4 Å². The molecule has 0 bridgehead atoms. The minimum absolute atomic E-state index is 0.775. The van der Waals surface area contributed by atoms with E-state index in [4.69, 9.17) is 0 Å². The molecule has 0 amide bonds. The quantitative estimate of drug-likeness (QED) is 0.567. The Kier molecular flexibility index (Phi) is 2.04. The molecule has 1 rings (SSSR count). The van der Waals surface area contributed by atoms with E-state index in [-0.39, 0.29) is 0 Å². The highest BCUT2D eigenvalue weighted by atomic mass is 15.4. The predicted molar refractivity (Wildman–Crippen MR) is 37.1 cm³/mol. The lowest BCUT2D eigenvalue weighted by Crippen LogP contribution is -1.97. The Labute approximate surface area is 59.0 Å². The molecule has 1 aromatic heterocycles. The van der Waals surface area contributed by atoms with Crippen molar-refractivity contribution in [1.29, 1.82) is 0 Å². The zero-order valence-corrected chi connectivity index (χ0v) is 5.94. The lowest BCUT2D eigenvalue weighted by molar-refractivity contribution is 0.736. The minimum atomic E-state index is 0.775. The van der Waals surface area contributed by atoms with Crippen molar-refractivity contribution in [1.82, 2.24) is 20.6 Å². The summed E-state index contributed by atoms with van der Waals surface area (Å²) in [5.74, 6) is 0. The Hall–Kier alpha value is -1.32. The van der Waals surface area contributed by atoms with Crippen molar-refractivity contribution in [2.75, 3.05) is 0 Å². The Balaban J connectivity index is 3.03. The van der Waals surface area contributed by atoms with Crippen molar-refractivity contribution in [3.8, 4) is 0 Å². The van der Waals surface area contributed by atoms with Gasteiger partial charge < -0.3 is 0 Å². The highest BCUT2D eigenvalue weighted by Gasteiger charge is 1.94. The van der Waals surface area contributed by atoms with Crippen LogP contribution in [0.25, 0.3) is 6.08 Å². The molecule has 0 saturated carbocycles. The molecule has 0 fully saturated rings. The fourth-order valence-electron chi connectivity index (χ4n) is 0.591. The van der Waals surface area contributed by atoms with Crippen LogP contribution in [0.2, 0.25) is 0 Å². The van der Waals surface area contributed by atoms with Crippen molar-refractivity contribution in [3.05, 3.63) is 17.5 Å². The Morgan fingerprint density at radius 3 is 2.50 bits per heavy atom. The molecule has 10 heavy (non-hydrogen) atoms. The maximum absolute atomic E-state index is 3.76. The number of allylic oxidation sites excluding steroid dienone is 1. The van der Waals surface area contributed by atoms with E-state index in [9.17, 15) is 0 Å². The van der Waals surface area contributed by atoms with Crippen molar-refractivity contribution >= 4 is 6.08 Å². The normalized spacial score (nSPS) is 10.6. The topological polar surface area (TPSA) is 51.6 Å². The first kappa shape index (κ1) is 6.80. The molecular formula is C6H8N4. The molecule has 0 radical (unpaired) electrons. The summed E-state index contributed by atoms with van der Waals surface area (Å²) in [6.07, 6.45) is 3.73. The zero-order valence-electron chi connectivity index (χ0n) is 5.94. The molecule has 4 nitrogen and oxygen atoms in total. The molecule has 0 aliphatic heterocycles. The van der Waals surface area contributed by atoms with Gasteiger partial charge in [-0.3, -0.25) is 0 Å². The van der Waals surface area contributed by atoms with Crippen LogP contribution in [-0.2, 0) is 0 Å². The molecule has 0 aliphatic carbocycles. The summed E-state index contributed by atoms with van der Waals surface area (Å²) in [6, 6.07) is 0. The second kappa shape index (κ2) is 3.00. The summed E-state index contributed by atoms with van der Waals surface area (Å²) in [7, 11) is 0. The molecule has 1 aromatic rings. The molecule has 0 saturated heterocycles. The van der Waals surface area contributed by atoms with Gasteiger partial charge in [0, 0.05) is 0 Å². The van der Waals surface area contributed by atoms with Gasteiger partial charge in [-0.2, -0.15) is 0 Å². The van der Waals surface area contributed by atoms with Crippen LogP contribution < -0.4 is 0 Å². The summed E-state index contributed by atoms with van der Waals surface area (Å²) in [5, 5.41) is 14.3. The first-order valence-corrected chi connectivity index (χ1v) is 3.00. The maximum Gasteiger partial charge on any atom is 0.110 e. The first-order chi connectivity index (χ1) is 4.84. The summed E-state index contributed by atoms with van der Waals surface area (Å²) >= 11 is 0. The standard InChI is InChI=1S/C6H8N4/c1-3-4-6-5(2)7-9-10-8-6/h3-4H,1-2H3/b4-3-. The fourth-order valence-corrected chi connectivity index (χ4v) is 0.591. The average molecular weight is 136 g/mol. The zero-order chi connectivity index (χ0) is 7.40. The van der Waals surface area contributed by atoms with E-state index >= 15 is 0 Å². The summed E-state index contributed by atoms with van der Waals surface area (Å²) < 4.78 is 0. The van der Waals surface area contributed by atoms with Gasteiger partial charge in [0.1, 0.15) is 5.69 Å². The lowest BCUT2D eigenvalue weighted by atomic mass is 10.3. The smallest absolute Gasteiger partial charge is 0.110 e. The van der Waals surface area contributed by atoms with Crippen LogP contribution in [0.3, 0.4) is 0 Å². The monoisotopic (exact) mass is 136 g/mol. The molecule has 52 valence electrons. The van der Waals surface area contributed by atoms with E-state index in [1.807, 2.05) is 26.0 Å². The molecule has 4 heteroatoms. The van der Waals surface area contributed by atoms with Crippen molar-refractivity contribution in [2.24, 2.45) is 0 Å². The third-order valence-electron chi connectivity index (χ3n) is 1.08. The molecular weight excluding hydrogens is 128 g/mol. The third kappa shape index (κ3) is 1.34. The molecule has 0 spiro atoms. The van der Waals surface area contributed by atoms with Crippen molar-refractivity contribution in [2.45, 2.75) is 13.8 Å². The van der Waals surface area contributed by atoms with E-state index < -0.39 is 0 Å². The van der Waals surface area contributed by atoms with Crippen LogP contribution in [0.5, 0.6) is 0 Å². The first-order valence-electron chi connectivity index (χ1n) is 3.00. The van der Waals surface area contributed by atoms with Gasteiger partial charge in [-0.15, -0.1) is 10.2 Å². The molecule has 0 aromatic carbocycles. The van der Waals surface area contributed by atoms with Gasteiger partial charge >= 0.3 is 0 Å². The SMILES string of the molecule is C/C=C\c1nnnnc1C. The van der Waals surface area contributed by atoms with E-state index in [2.05, 4.69) is 20.6 Å². The number of rotatable bonds is 1. The van der Waals surface area contributed by atoms with Crippen LogP contribution >= 0.6 is 0 Å². The minimum Gasteiger partial charge on any atom is -0.132 e. The van der Waals surface area contributed by atoms with Crippen LogP contribution in [0, 0.1) is 6.92 Å². The van der Waals surface area contributed by atoms with Gasteiger partial charge in [-0.1, -0.05) is 6.08 Å². The average Bonchev–Trinajstić information content (AvgIpc) is 1.94.